The quantitative estimate of drug-likeness (QED) is 0.758. The van der Waals surface area contributed by atoms with Crippen molar-refractivity contribution in [3.63, 3.8) is 0 Å². The van der Waals surface area contributed by atoms with Gasteiger partial charge in [0.15, 0.2) is 12.2 Å². The van der Waals surface area contributed by atoms with Crippen LogP contribution in [-0.2, 0) is 11.2 Å². The number of likely N-dealkylation sites (N-methyl/N-ethyl adjacent to an activating group) is 1. The predicted octanol–water partition coefficient (Wildman–Crippen LogP) is 2.66. The van der Waals surface area contributed by atoms with Crippen LogP contribution < -0.4 is 4.90 Å². The average molecular weight is 424 g/mol. The Morgan fingerprint density at radius 3 is 2.63 bits per heavy atom. The van der Waals surface area contributed by atoms with Crippen LogP contribution in [0.25, 0.3) is 0 Å². The molecule has 2 aromatic carbocycles. The van der Waals surface area contributed by atoms with Crippen molar-refractivity contribution in [2.75, 3.05) is 31.6 Å². The molecule has 0 saturated carbocycles. The zero-order chi connectivity index (χ0) is 20.8. The maximum Gasteiger partial charge on any atom is 0.328 e. The van der Waals surface area contributed by atoms with Crippen molar-refractivity contribution in [3.05, 3.63) is 65.2 Å². The maximum atomic E-state index is 13.3. The van der Waals surface area contributed by atoms with E-state index in [9.17, 15) is 9.59 Å². The highest BCUT2D eigenvalue weighted by molar-refractivity contribution is 6.31. The zero-order valence-corrected chi connectivity index (χ0v) is 17.4. The normalized spacial score (nSPS) is 23.1. The summed E-state index contributed by atoms with van der Waals surface area (Å²) in [5.41, 5.74) is 2.03. The lowest BCUT2D eigenvalue weighted by atomic mass is 10.1. The van der Waals surface area contributed by atoms with Crippen molar-refractivity contribution in [3.8, 4) is 0 Å². The highest BCUT2D eigenvalue weighted by Gasteiger charge is 2.54. The fourth-order valence-corrected chi connectivity index (χ4v) is 4.60. The van der Waals surface area contributed by atoms with Gasteiger partial charge >= 0.3 is 6.03 Å². The summed E-state index contributed by atoms with van der Waals surface area (Å²) in [5, 5.41) is 0.650. The number of aliphatic imine (C=N–C) groups is 1. The van der Waals surface area contributed by atoms with E-state index in [1.165, 1.54) is 4.90 Å². The summed E-state index contributed by atoms with van der Waals surface area (Å²) < 4.78 is 0. The molecule has 0 spiro atoms. The number of carbonyl (C=O) groups excluding carboxylic acids is 2. The van der Waals surface area contributed by atoms with Crippen LogP contribution >= 0.6 is 11.6 Å². The van der Waals surface area contributed by atoms with Crippen molar-refractivity contribution >= 4 is 35.2 Å². The van der Waals surface area contributed by atoms with E-state index in [1.54, 1.807) is 11.9 Å². The summed E-state index contributed by atoms with van der Waals surface area (Å²) in [6.07, 6.45) is 0.126. The van der Waals surface area contributed by atoms with Crippen LogP contribution in [0, 0.1) is 0 Å². The number of anilines is 1. The topological polar surface area (TPSA) is 59.5 Å². The van der Waals surface area contributed by atoms with Gasteiger partial charge in [-0.15, -0.1) is 0 Å². The van der Waals surface area contributed by atoms with Gasteiger partial charge in [-0.1, -0.05) is 48.0 Å². The van der Waals surface area contributed by atoms with Crippen molar-refractivity contribution in [2.45, 2.75) is 18.6 Å². The SMILES string of the molecule is CN1C(=O)N(CCc2ccccc2)C(=O)C2C1N=C1N(c3cccc(Cl)c3)CCN12. The molecule has 0 aliphatic carbocycles. The highest BCUT2D eigenvalue weighted by Crippen LogP contribution is 2.34. The molecule has 5 rings (SSSR count). The molecule has 0 bridgehead atoms. The van der Waals surface area contributed by atoms with Gasteiger partial charge in [-0.25, -0.2) is 9.79 Å². The Balaban J connectivity index is 1.39. The molecule has 0 N–H and O–H groups in total. The number of halogens is 1. The van der Waals surface area contributed by atoms with Gasteiger partial charge in [-0.05, 0) is 30.2 Å². The van der Waals surface area contributed by atoms with Gasteiger partial charge in [-0.3, -0.25) is 9.69 Å². The molecule has 154 valence electrons. The molecule has 30 heavy (non-hydrogen) atoms. The maximum absolute atomic E-state index is 13.3. The molecule has 0 aromatic heterocycles. The monoisotopic (exact) mass is 423 g/mol. The minimum atomic E-state index is -0.505. The summed E-state index contributed by atoms with van der Waals surface area (Å²) in [7, 11) is 1.72. The molecule has 2 saturated heterocycles. The van der Waals surface area contributed by atoms with Gasteiger partial charge in [-0.2, -0.15) is 0 Å². The first-order chi connectivity index (χ1) is 14.5. The number of imide groups is 1. The van der Waals surface area contributed by atoms with Crippen LogP contribution in [0.4, 0.5) is 10.5 Å². The largest absolute Gasteiger partial charge is 0.328 e. The molecule has 3 aliphatic heterocycles. The predicted molar refractivity (Wildman–Crippen MR) is 116 cm³/mol. The second kappa shape index (κ2) is 7.32. The zero-order valence-electron chi connectivity index (χ0n) is 16.6. The van der Waals surface area contributed by atoms with E-state index in [1.807, 2.05) is 59.5 Å². The van der Waals surface area contributed by atoms with Gasteiger partial charge in [0, 0.05) is 37.4 Å². The molecule has 0 radical (unpaired) electrons. The van der Waals surface area contributed by atoms with Gasteiger partial charge in [0.25, 0.3) is 5.91 Å². The molecule has 2 fully saturated rings. The summed E-state index contributed by atoms with van der Waals surface area (Å²) in [5.74, 6) is 0.552. The summed E-state index contributed by atoms with van der Waals surface area (Å²) in [6.45, 7) is 1.75. The van der Waals surface area contributed by atoms with E-state index in [0.29, 0.717) is 24.5 Å². The number of fused-ring (bicyclic) bond motifs is 3. The Morgan fingerprint density at radius 2 is 1.87 bits per heavy atom. The van der Waals surface area contributed by atoms with E-state index in [2.05, 4.69) is 4.90 Å². The molecule has 2 unspecified atom stereocenters. The molecule has 3 heterocycles. The van der Waals surface area contributed by atoms with E-state index < -0.39 is 12.2 Å². The molecule has 8 heteroatoms. The van der Waals surface area contributed by atoms with Gasteiger partial charge < -0.3 is 14.7 Å². The first-order valence-electron chi connectivity index (χ1n) is 10.0. The second-order valence-electron chi connectivity index (χ2n) is 7.73. The Labute approximate surface area is 180 Å². The van der Waals surface area contributed by atoms with E-state index in [-0.39, 0.29) is 11.9 Å². The number of benzene rings is 2. The number of nitrogens with zero attached hydrogens (tertiary/aromatic N) is 5. The fourth-order valence-electron chi connectivity index (χ4n) is 4.42. The van der Waals surface area contributed by atoms with E-state index in [4.69, 9.17) is 16.6 Å². The third-order valence-corrected chi connectivity index (χ3v) is 6.20. The highest BCUT2D eigenvalue weighted by atomic mass is 35.5. The lowest BCUT2D eigenvalue weighted by Crippen LogP contribution is -2.65. The Kier molecular flexibility index (Phi) is 4.62. The van der Waals surface area contributed by atoms with Crippen molar-refractivity contribution in [1.29, 1.82) is 0 Å². The van der Waals surface area contributed by atoms with Crippen LogP contribution in [0.1, 0.15) is 5.56 Å². The number of rotatable bonds is 4. The minimum absolute atomic E-state index is 0.175. The Morgan fingerprint density at radius 1 is 1.07 bits per heavy atom. The molecule has 7 nitrogen and oxygen atoms in total. The first kappa shape index (κ1) is 18.9. The van der Waals surface area contributed by atoms with Gasteiger partial charge in [0.05, 0.1) is 0 Å². The molecule has 3 amide bonds. The minimum Gasteiger partial charge on any atom is -0.325 e. The van der Waals surface area contributed by atoms with Gasteiger partial charge in [0.1, 0.15) is 0 Å². The van der Waals surface area contributed by atoms with E-state index in [0.717, 1.165) is 23.8 Å². The smallest absolute Gasteiger partial charge is 0.325 e. The molecule has 2 aromatic rings. The number of urea groups is 1. The second-order valence-corrected chi connectivity index (χ2v) is 8.17. The van der Waals surface area contributed by atoms with Crippen LogP contribution in [0.15, 0.2) is 59.6 Å². The standard InChI is InChI=1S/C22H22ClN5O2/c1-25-19-18(20(29)28(22(25)30)11-10-15-6-3-2-4-7-15)27-13-12-26(21(27)24-19)17-9-5-8-16(23)14-17/h2-9,14,18-19H,10-13H2,1H3. The van der Waals surface area contributed by atoms with Crippen molar-refractivity contribution in [1.82, 2.24) is 14.7 Å². The lowest BCUT2D eigenvalue weighted by Gasteiger charge is -2.40. The number of hydrogen-bond donors (Lipinski definition) is 0. The summed E-state index contributed by atoms with van der Waals surface area (Å²) in [4.78, 5) is 38.1. The molecule has 2 atom stereocenters. The van der Waals surface area contributed by atoms with Gasteiger partial charge in [0.2, 0.25) is 5.96 Å². The number of carbonyl (C=O) groups is 2. The Hall–Kier alpha value is -3.06. The van der Waals surface area contributed by atoms with Crippen LogP contribution in [0.2, 0.25) is 5.02 Å². The van der Waals surface area contributed by atoms with Crippen molar-refractivity contribution in [2.24, 2.45) is 4.99 Å². The van der Waals surface area contributed by atoms with Crippen LogP contribution in [-0.4, -0.2) is 71.5 Å². The summed E-state index contributed by atoms with van der Waals surface area (Å²) in [6, 6.07) is 16.7. The van der Waals surface area contributed by atoms with Crippen LogP contribution in [0.3, 0.4) is 0 Å². The molecular formula is C22H22ClN5O2. The number of guanidine groups is 1. The number of amides is 3. The van der Waals surface area contributed by atoms with Crippen molar-refractivity contribution < 1.29 is 9.59 Å². The first-order valence-corrected chi connectivity index (χ1v) is 10.4. The third kappa shape index (κ3) is 3.01. The number of hydrogen-bond acceptors (Lipinski definition) is 5. The Bertz CT molecular complexity index is 1030. The van der Waals surface area contributed by atoms with E-state index >= 15 is 0 Å². The molecular weight excluding hydrogens is 402 g/mol. The average Bonchev–Trinajstić information content (AvgIpc) is 3.32. The van der Waals surface area contributed by atoms with Crippen LogP contribution in [0.5, 0.6) is 0 Å². The molecule has 3 aliphatic rings. The fraction of sp³-hybridized carbons (Fsp3) is 0.318. The lowest BCUT2D eigenvalue weighted by molar-refractivity contribution is -0.137. The summed E-state index contributed by atoms with van der Waals surface area (Å²) >= 11 is 6.16. The third-order valence-electron chi connectivity index (χ3n) is 5.96.